The molecule has 0 radical (unpaired) electrons. The van der Waals surface area contributed by atoms with E-state index in [2.05, 4.69) is 33.9 Å². The second-order valence-electron chi connectivity index (χ2n) is 8.75. The van der Waals surface area contributed by atoms with Gasteiger partial charge in [0, 0.05) is 0 Å². The first-order valence-corrected chi connectivity index (χ1v) is 11.0. The lowest BCUT2D eigenvalue weighted by molar-refractivity contribution is -0.473. The molecule has 6 nitrogen and oxygen atoms in total. The third kappa shape index (κ3) is 1.56. The summed E-state index contributed by atoms with van der Waals surface area (Å²) in [5, 5.41) is 0.132. The standard InChI is InChI=1S/C15H24O6Si/c1-13(2,3)22(4,5)21-8-9-14(6-16-14)11-15(7-17-15)10(8)19-12(18-9)20-11/h8-12H,6-7H2,1-5H3/t8?,9-,10-,11?,12?,14-,15+/m1/s1. The van der Waals surface area contributed by atoms with Crippen molar-refractivity contribution in [1.82, 2.24) is 0 Å². The van der Waals surface area contributed by atoms with Crippen molar-refractivity contribution in [2.24, 2.45) is 0 Å². The molecule has 0 aromatic rings. The van der Waals surface area contributed by atoms with Crippen LogP contribution in [0.1, 0.15) is 20.8 Å². The number of ether oxygens (including phenoxy) is 5. The van der Waals surface area contributed by atoms with Crippen LogP contribution in [-0.2, 0) is 28.1 Å². The molecule has 6 rings (SSSR count). The summed E-state index contributed by atoms with van der Waals surface area (Å²) in [5.41, 5.74) is -0.777. The van der Waals surface area contributed by atoms with Crippen molar-refractivity contribution in [2.75, 3.05) is 13.2 Å². The Morgan fingerprint density at radius 1 is 0.955 bits per heavy atom. The Balaban J connectivity index is 1.51. The van der Waals surface area contributed by atoms with Crippen molar-refractivity contribution >= 4 is 8.32 Å². The number of epoxide rings is 2. The monoisotopic (exact) mass is 328 g/mol. The second kappa shape index (κ2) is 3.79. The molecule has 0 aromatic heterocycles. The Bertz CT molecular complexity index is 491. The molecular formula is C15H24O6Si. The van der Waals surface area contributed by atoms with Gasteiger partial charge in [0.05, 0.1) is 13.2 Å². The van der Waals surface area contributed by atoms with Crippen LogP contribution in [0.3, 0.4) is 0 Å². The minimum Gasteiger partial charge on any atom is -0.408 e. The fraction of sp³-hybridized carbons (Fsp3) is 1.00. The van der Waals surface area contributed by atoms with Crippen molar-refractivity contribution in [1.29, 1.82) is 0 Å². The highest BCUT2D eigenvalue weighted by Gasteiger charge is 2.84. The number of hydrogen-bond donors (Lipinski definition) is 0. The summed E-state index contributed by atoms with van der Waals surface area (Å²) in [6.07, 6.45) is -0.443. The highest BCUT2D eigenvalue weighted by molar-refractivity contribution is 6.74. The average Bonchev–Trinajstić information content (AvgIpc) is 3.30. The van der Waals surface area contributed by atoms with Crippen LogP contribution >= 0.6 is 0 Å². The molecule has 5 aliphatic heterocycles. The predicted octanol–water partition coefficient (Wildman–Crippen LogP) is 1.39. The van der Waals surface area contributed by atoms with Gasteiger partial charge in [-0.15, -0.1) is 0 Å². The van der Waals surface area contributed by atoms with Crippen LogP contribution in [0, 0.1) is 0 Å². The van der Waals surface area contributed by atoms with Gasteiger partial charge >= 0.3 is 0 Å². The van der Waals surface area contributed by atoms with Gasteiger partial charge in [-0.1, -0.05) is 20.8 Å². The van der Waals surface area contributed by atoms with Crippen molar-refractivity contribution < 1.29 is 28.1 Å². The maximum absolute atomic E-state index is 6.70. The van der Waals surface area contributed by atoms with Gasteiger partial charge in [-0.05, 0) is 18.1 Å². The van der Waals surface area contributed by atoms with E-state index in [1.165, 1.54) is 0 Å². The van der Waals surface area contributed by atoms with Crippen molar-refractivity contribution in [2.45, 2.75) is 81.0 Å². The van der Waals surface area contributed by atoms with E-state index < -0.39 is 14.8 Å². The SMILES string of the molecule is CC(C)(C)[Si](C)(C)OC1[C@H]2OC3OC([C@@]24CO4)[C@]2(CO2)[C@@H]1O3. The molecule has 0 amide bonds. The van der Waals surface area contributed by atoms with Gasteiger partial charge in [0.25, 0.3) is 6.48 Å². The zero-order valence-corrected chi connectivity index (χ0v) is 14.8. The van der Waals surface area contributed by atoms with E-state index >= 15 is 0 Å². The maximum atomic E-state index is 6.70. The first kappa shape index (κ1) is 14.3. The van der Waals surface area contributed by atoms with Crippen molar-refractivity contribution in [3.05, 3.63) is 0 Å². The lowest BCUT2D eigenvalue weighted by atomic mass is 9.71. The molecule has 1 aliphatic carbocycles. The Morgan fingerprint density at radius 3 is 1.86 bits per heavy atom. The molecule has 5 saturated heterocycles. The van der Waals surface area contributed by atoms with Crippen molar-refractivity contribution in [3.8, 4) is 0 Å². The number of rotatable bonds is 2. The van der Waals surface area contributed by atoms with Gasteiger partial charge in [-0.2, -0.15) is 0 Å². The van der Waals surface area contributed by atoms with Gasteiger partial charge in [0.15, 0.2) is 8.32 Å². The summed E-state index contributed by atoms with van der Waals surface area (Å²) in [5.74, 6) is 0. The normalized spacial score (nSPS) is 55.2. The van der Waals surface area contributed by atoms with E-state index in [9.17, 15) is 0 Å². The minimum absolute atomic E-state index is 0.0817. The predicted molar refractivity (Wildman–Crippen MR) is 77.8 cm³/mol. The molecule has 5 heterocycles. The summed E-state index contributed by atoms with van der Waals surface area (Å²) in [6.45, 7) is 12.0. The fourth-order valence-corrected chi connectivity index (χ4v) is 5.21. The molecule has 7 atom stereocenters. The first-order chi connectivity index (χ1) is 10.2. The van der Waals surface area contributed by atoms with Gasteiger partial charge in [0.2, 0.25) is 0 Å². The van der Waals surface area contributed by atoms with Crippen LogP contribution in [-0.4, -0.2) is 63.6 Å². The summed E-state index contributed by atoms with van der Waals surface area (Å²) in [6, 6.07) is 0. The topological polar surface area (TPSA) is 62.0 Å². The minimum atomic E-state index is -1.95. The van der Waals surface area contributed by atoms with Gasteiger partial charge in [0.1, 0.15) is 35.6 Å². The van der Waals surface area contributed by atoms with Crippen LogP contribution in [0.15, 0.2) is 0 Å². The van der Waals surface area contributed by atoms with Gasteiger partial charge in [-0.3, -0.25) is 0 Å². The summed E-state index contributed by atoms with van der Waals surface area (Å²) in [4.78, 5) is 0. The van der Waals surface area contributed by atoms with Crippen LogP contribution in [0.5, 0.6) is 0 Å². The third-order valence-electron chi connectivity index (χ3n) is 6.40. The van der Waals surface area contributed by atoms with E-state index in [4.69, 9.17) is 28.1 Å². The first-order valence-electron chi connectivity index (χ1n) is 8.12. The van der Waals surface area contributed by atoms with Gasteiger partial charge < -0.3 is 28.1 Å². The van der Waals surface area contributed by atoms with Crippen LogP contribution in [0.25, 0.3) is 0 Å². The van der Waals surface area contributed by atoms with Crippen LogP contribution < -0.4 is 0 Å². The molecule has 1 saturated carbocycles. The van der Waals surface area contributed by atoms with E-state index in [1.54, 1.807) is 0 Å². The summed E-state index contributed by atoms with van der Waals surface area (Å²) < 4.78 is 36.2. The van der Waals surface area contributed by atoms with E-state index in [0.717, 1.165) is 0 Å². The smallest absolute Gasteiger partial charge is 0.273 e. The zero-order valence-electron chi connectivity index (χ0n) is 13.8. The molecule has 0 N–H and O–H groups in total. The maximum Gasteiger partial charge on any atom is 0.273 e. The molecule has 3 unspecified atom stereocenters. The molecule has 22 heavy (non-hydrogen) atoms. The largest absolute Gasteiger partial charge is 0.408 e. The fourth-order valence-electron chi connectivity index (χ4n) is 3.93. The van der Waals surface area contributed by atoms with Crippen molar-refractivity contribution in [3.63, 3.8) is 0 Å². The molecular weight excluding hydrogens is 304 g/mol. The highest BCUT2D eigenvalue weighted by Crippen LogP contribution is 2.62. The van der Waals surface area contributed by atoms with Crippen LogP contribution in [0.2, 0.25) is 18.1 Å². The molecule has 124 valence electrons. The Kier molecular flexibility index (Phi) is 2.47. The van der Waals surface area contributed by atoms with Crippen LogP contribution in [0.4, 0.5) is 0 Å². The zero-order chi connectivity index (χ0) is 15.5. The summed E-state index contributed by atoms with van der Waals surface area (Å²) >= 11 is 0. The number of hydrogen-bond acceptors (Lipinski definition) is 6. The Labute approximate surface area is 131 Å². The molecule has 6 fully saturated rings. The molecule has 2 spiro atoms. The molecule has 6 aliphatic rings. The Hall–Kier alpha value is -0.0231. The highest BCUT2D eigenvalue weighted by atomic mass is 28.4. The van der Waals surface area contributed by atoms with E-state index in [-0.39, 0.29) is 40.7 Å². The average molecular weight is 328 g/mol. The third-order valence-corrected chi connectivity index (χ3v) is 10.9. The lowest BCUT2D eigenvalue weighted by Crippen LogP contribution is -2.79. The van der Waals surface area contributed by atoms with E-state index in [0.29, 0.717) is 13.2 Å². The lowest BCUT2D eigenvalue weighted by Gasteiger charge is -2.59. The van der Waals surface area contributed by atoms with Gasteiger partial charge in [-0.25, -0.2) is 0 Å². The quantitative estimate of drug-likeness (QED) is 0.564. The molecule has 7 heteroatoms. The second-order valence-corrected chi connectivity index (χ2v) is 13.5. The molecule has 0 aromatic carbocycles. The molecule has 4 bridgehead atoms. The Morgan fingerprint density at radius 2 is 1.45 bits per heavy atom. The van der Waals surface area contributed by atoms with E-state index in [1.807, 2.05) is 0 Å². The summed E-state index contributed by atoms with van der Waals surface area (Å²) in [7, 11) is -1.95.